The molecule has 1 heterocycles. The van der Waals surface area contributed by atoms with Crippen LogP contribution in [0.15, 0.2) is 42.5 Å². The van der Waals surface area contributed by atoms with Gasteiger partial charge in [-0.1, -0.05) is 42.5 Å². The van der Waals surface area contributed by atoms with E-state index in [1.807, 2.05) is 7.05 Å². The molecular formula is C20H24N2O. The van der Waals surface area contributed by atoms with Crippen LogP contribution in [-0.2, 0) is 4.79 Å². The largest absolute Gasteiger partial charge is 0.342 e. The molecule has 1 N–H and O–H groups in total. The second-order valence-electron chi connectivity index (χ2n) is 6.94. The standard InChI is InChI=1S/C20H24N2O/c1-21-17-8-10-22(11-9-17)20(23)19-13-18(19)16-7-6-14-4-2-3-5-15(14)12-16/h2-7,12,17-19,21H,8-11,13H2,1H3. The summed E-state index contributed by atoms with van der Waals surface area (Å²) in [5, 5.41) is 5.87. The van der Waals surface area contributed by atoms with Crippen LogP contribution in [0.5, 0.6) is 0 Å². The fourth-order valence-corrected chi connectivity index (χ4v) is 3.90. The normalized spacial score (nSPS) is 24.8. The Morgan fingerprint density at radius 2 is 1.83 bits per heavy atom. The van der Waals surface area contributed by atoms with Crippen molar-refractivity contribution in [1.82, 2.24) is 10.2 Å². The highest BCUT2D eigenvalue weighted by molar-refractivity contribution is 5.86. The molecule has 3 heteroatoms. The maximum Gasteiger partial charge on any atom is 0.226 e. The van der Waals surface area contributed by atoms with Crippen LogP contribution in [0.4, 0.5) is 0 Å². The van der Waals surface area contributed by atoms with Gasteiger partial charge in [-0.2, -0.15) is 0 Å². The monoisotopic (exact) mass is 308 g/mol. The van der Waals surface area contributed by atoms with Crippen LogP contribution >= 0.6 is 0 Å². The summed E-state index contributed by atoms with van der Waals surface area (Å²) in [6, 6.07) is 15.7. The summed E-state index contributed by atoms with van der Waals surface area (Å²) < 4.78 is 0. The van der Waals surface area contributed by atoms with Crippen LogP contribution in [0, 0.1) is 5.92 Å². The third-order valence-corrected chi connectivity index (χ3v) is 5.52. The molecule has 2 aromatic carbocycles. The van der Waals surface area contributed by atoms with Crippen molar-refractivity contribution in [1.29, 1.82) is 0 Å². The molecule has 0 radical (unpaired) electrons. The van der Waals surface area contributed by atoms with E-state index in [4.69, 9.17) is 0 Å². The van der Waals surface area contributed by atoms with Gasteiger partial charge in [-0.3, -0.25) is 4.79 Å². The molecule has 0 spiro atoms. The second kappa shape index (κ2) is 5.97. The third-order valence-electron chi connectivity index (χ3n) is 5.52. The number of nitrogens with one attached hydrogen (secondary N) is 1. The number of hydrogen-bond donors (Lipinski definition) is 1. The molecule has 1 saturated heterocycles. The summed E-state index contributed by atoms with van der Waals surface area (Å²) in [7, 11) is 2.01. The van der Waals surface area contributed by atoms with Gasteiger partial charge < -0.3 is 10.2 Å². The molecule has 2 fully saturated rings. The lowest BCUT2D eigenvalue weighted by Crippen LogP contribution is -2.44. The summed E-state index contributed by atoms with van der Waals surface area (Å²) in [5.74, 6) is 1.01. The summed E-state index contributed by atoms with van der Waals surface area (Å²) >= 11 is 0. The highest BCUT2D eigenvalue weighted by Crippen LogP contribution is 2.49. The van der Waals surface area contributed by atoms with Gasteiger partial charge in [0.25, 0.3) is 0 Å². The fraction of sp³-hybridized carbons (Fsp3) is 0.450. The molecule has 0 aromatic heterocycles. The number of benzene rings is 2. The highest BCUT2D eigenvalue weighted by atomic mass is 16.2. The minimum absolute atomic E-state index is 0.210. The van der Waals surface area contributed by atoms with Crippen LogP contribution in [0.3, 0.4) is 0 Å². The van der Waals surface area contributed by atoms with Gasteiger partial charge in [-0.05, 0) is 48.6 Å². The van der Waals surface area contributed by atoms with Gasteiger partial charge >= 0.3 is 0 Å². The number of amides is 1. The van der Waals surface area contributed by atoms with E-state index in [1.165, 1.54) is 16.3 Å². The molecule has 1 saturated carbocycles. The predicted octanol–water partition coefficient (Wildman–Crippen LogP) is 3.15. The average molecular weight is 308 g/mol. The Labute approximate surface area is 137 Å². The minimum atomic E-state index is 0.210. The Morgan fingerprint density at radius 1 is 1.09 bits per heavy atom. The van der Waals surface area contributed by atoms with Crippen molar-refractivity contribution in [2.75, 3.05) is 20.1 Å². The van der Waals surface area contributed by atoms with E-state index in [2.05, 4.69) is 52.7 Å². The van der Waals surface area contributed by atoms with Crippen LogP contribution in [0.1, 0.15) is 30.7 Å². The minimum Gasteiger partial charge on any atom is -0.342 e. The molecule has 120 valence electrons. The zero-order valence-electron chi connectivity index (χ0n) is 13.7. The highest BCUT2D eigenvalue weighted by Gasteiger charge is 2.46. The van der Waals surface area contributed by atoms with Crippen LogP contribution < -0.4 is 5.32 Å². The number of carbonyl (C=O) groups excluding carboxylic acids is 1. The zero-order valence-corrected chi connectivity index (χ0v) is 13.7. The average Bonchev–Trinajstić information content (AvgIpc) is 3.41. The predicted molar refractivity (Wildman–Crippen MR) is 93.5 cm³/mol. The Hall–Kier alpha value is -1.87. The molecule has 2 aliphatic rings. The van der Waals surface area contributed by atoms with Gasteiger partial charge in [0.05, 0.1) is 0 Å². The van der Waals surface area contributed by atoms with Crippen molar-refractivity contribution in [2.45, 2.75) is 31.2 Å². The number of piperidine rings is 1. The van der Waals surface area contributed by atoms with Gasteiger partial charge in [0.1, 0.15) is 0 Å². The smallest absolute Gasteiger partial charge is 0.226 e. The van der Waals surface area contributed by atoms with Crippen molar-refractivity contribution >= 4 is 16.7 Å². The van der Waals surface area contributed by atoms with Crippen LogP contribution in [0.2, 0.25) is 0 Å². The molecule has 2 aromatic rings. The lowest BCUT2D eigenvalue weighted by molar-refractivity contribution is -0.133. The molecule has 2 unspecified atom stereocenters. The number of rotatable bonds is 3. The lowest BCUT2D eigenvalue weighted by atomic mass is 10.0. The topological polar surface area (TPSA) is 32.3 Å². The van der Waals surface area contributed by atoms with Gasteiger partial charge in [0.15, 0.2) is 0 Å². The van der Waals surface area contributed by atoms with E-state index in [0.717, 1.165) is 32.4 Å². The summed E-state index contributed by atoms with van der Waals surface area (Å²) in [4.78, 5) is 14.8. The molecule has 4 rings (SSSR count). The first-order valence-electron chi connectivity index (χ1n) is 8.71. The Balaban J connectivity index is 1.43. The van der Waals surface area contributed by atoms with Crippen LogP contribution in [0.25, 0.3) is 10.8 Å². The molecule has 1 aliphatic carbocycles. The molecule has 2 atom stereocenters. The molecule has 23 heavy (non-hydrogen) atoms. The van der Waals surface area contributed by atoms with Gasteiger partial charge in [-0.25, -0.2) is 0 Å². The zero-order chi connectivity index (χ0) is 15.8. The van der Waals surface area contributed by atoms with E-state index < -0.39 is 0 Å². The molecular weight excluding hydrogens is 284 g/mol. The SMILES string of the molecule is CNC1CCN(C(=O)C2CC2c2ccc3ccccc3c2)CC1. The van der Waals surface area contributed by atoms with Crippen molar-refractivity contribution in [3.05, 3.63) is 48.0 Å². The van der Waals surface area contributed by atoms with Crippen molar-refractivity contribution < 1.29 is 4.79 Å². The van der Waals surface area contributed by atoms with Gasteiger partial charge in [-0.15, -0.1) is 0 Å². The van der Waals surface area contributed by atoms with Crippen molar-refractivity contribution in [3.63, 3.8) is 0 Å². The first-order chi connectivity index (χ1) is 11.3. The van der Waals surface area contributed by atoms with E-state index in [9.17, 15) is 4.79 Å². The molecule has 1 aliphatic heterocycles. The van der Waals surface area contributed by atoms with E-state index in [1.54, 1.807) is 0 Å². The Morgan fingerprint density at radius 3 is 2.57 bits per heavy atom. The Bertz CT molecular complexity index is 718. The molecule has 1 amide bonds. The quantitative estimate of drug-likeness (QED) is 0.944. The van der Waals surface area contributed by atoms with Gasteiger partial charge in [0, 0.05) is 25.0 Å². The first-order valence-corrected chi connectivity index (χ1v) is 8.71. The number of carbonyl (C=O) groups is 1. The summed E-state index contributed by atoms with van der Waals surface area (Å²) in [6.45, 7) is 1.82. The van der Waals surface area contributed by atoms with E-state index in [0.29, 0.717) is 17.9 Å². The number of nitrogens with zero attached hydrogens (tertiary/aromatic N) is 1. The van der Waals surface area contributed by atoms with Crippen molar-refractivity contribution in [3.8, 4) is 0 Å². The first kappa shape index (κ1) is 14.7. The number of hydrogen-bond acceptors (Lipinski definition) is 2. The van der Waals surface area contributed by atoms with Crippen LogP contribution in [-0.4, -0.2) is 37.0 Å². The summed E-state index contributed by atoms with van der Waals surface area (Å²) in [6.07, 6.45) is 3.17. The molecule has 3 nitrogen and oxygen atoms in total. The van der Waals surface area contributed by atoms with E-state index >= 15 is 0 Å². The summed E-state index contributed by atoms with van der Waals surface area (Å²) in [5.41, 5.74) is 1.33. The van der Waals surface area contributed by atoms with E-state index in [-0.39, 0.29) is 5.92 Å². The fourth-order valence-electron chi connectivity index (χ4n) is 3.90. The Kier molecular flexibility index (Phi) is 3.82. The third kappa shape index (κ3) is 2.86. The lowest BCUT2D eigenvalue weighted by Gasteiger charge is -2.32. The van der Waals surface area contributed by atoms with Crippen molar-refractivity contribution in [2.24, 2.45) is 5.92 Å². The maximum atomic E-state index is 12.7. The van der Waals surface area contributed by atoms with Gasteiger partial charge in [0.2, 0.25) is 5.91 Å². The number of fused-ring (bicyclic) bond motifs is 1. The number of likely N-dealkylation sites (tertiary alicyclic amines) is 1. The maximum absolute atomic E-state index is 12.7. The molecule has 0 bridgehead atoms. The second-order valence-corrected chi connectivity index (χ2v) is 6.94.